The topological polar surface area (TPSA) is 73.6 Å². The summed E-state index contributed by atoms with van der Waals surface area (Å²) in [4.78, 5) is 14.3. The van der Waals surface area contributed by atoms with Gasteiger partial charge in [0.2, 0.25) is 0 Å². The third-order valence-corrected chi connectivity index (χ3v) is 4.33. The first-order valence-electron chi connectivity index (χ1n) is 8.17. The second kappa shape index (κ2) is 7.98. The molecule has 0 aromatic rings. The van der Waals surface area contributed by atoms with Crippen LogP contribution in [0.15, 0.2) is 34.7 Å². The van der Waals surface area contributed by atoms with Gasteiger partial charge in [-0.25, -0.2) is 4.79 Å². The summed E-state index contributed by atoms with van der Waals surface area (Å²) in [6.45, 7) is 4.33. The molecule has 0 aromatic carbocycles. The van der Waals surface area contributed by atoms with E-state index in [0.29, 0.717) is 12.1 Å². The lowest BCUT2D eigenvalue weighted by Gasteiger charge is -2.29. The number of carbonyl (C=O) groups excluding carboxylic acids is 1. The normalized spacial score (nSPS) is 18.9. The number of hydrogen-bond acceptors (Lipinski definition) is 5. The first-order valence-corrected chi connectivity index (χ1v) is 8.17. The van der Waals surface area contributed by atoms with E-state index in [1.807, 2.05) is 24.8 Å². The molecule has 1 aliphatic heterocycles. The summed E-state index contributed by atoms with van der Waals surface area (Å²) < 4.78 is 5.51. The van der Waals surface area contributed by atoms with E-state index in [4.69, 9.17) is 9.84 Å². The number of ether oxygens (including phenoxy) is 1. The molecular formula is C18H24N2O3. The van der Waals surface area contributed by atoms with Crippen molar-refractivity contribution in [3.63, 3.8) is 0 Å². The quantitative estimate of drug-likeness (QED) is 0.490. The van der Waals surface area contributed by atoms with E-state index < -0.39 is 5.97 Å². The van der Waals surface area contributed by atoms with Crippen molar-refractivity contribution >= 4 is 5.97 Å². The molecule has 23 heavy (non-hydrogen) atoms. The highest BCUT2D eigenvalue weighted by Crippen LogP contribution is 2.26. The van der Waals surface area contributed by atoms with Crippen molar-refractivity contribution in [3.8, 4) is 6.07 Å². The van der Waals surface area contributed by atoms with Crippen LogP contribution in [0.5, 0.6) is 0 Å². The maximum atomic E-state index is 12.3. The Hall–Kier alpha value is -2.06. The zero-order chi connectivity index (χ0) is 16.8. The largest absolute Gasteiger partial charge is 0.458 e. The molecule has 0 radical (unpaired) electrons. The number of aliphatic hydroxyl groups excluding tert-OH is 1. The first kappa shape index (κ1) is 17.3. The van der Waals surface area contributed by atoms with E-state index in [9.17, 15) is 10.1 Å². The van der Waals surface area contributed by atoms with Crippen LogP contribution in [0.1, 0.15) is 46.0 Å². The SMILES string of the molecule is CC1=CC(=C(C#N)C(=O)OC2CCCCC2)C=C(C)N1CCO. The van der Waals surface area contributed by atoms with Gasteiger partial charge in [0.05, 0.1) is 6.61 Å². The van der Waals surface area contributed by atoms with Crippen molar-refractivity contribution in [1.82, 2.24) is 4.90 Å². The minimum Gasteiger partial charge on any atom is -0.458 e. The molecule has 0 amide bonds. The maximum absolute atomic E-state index is 12.3. The third kappa shape index (κ3) is 4.23. The Morgan fingerprint density at radius 1 is 1.30 bits per heavy atom. The van der Waals surface area contributed by atoms with E-state index >= 15 is 0 Å². The van der Waals surface area contributed by atoms with Crippen molar-refractivity contribution in [3.05, 3.63) is 34.7 Å². The molecule has 1 heterocycles. The Morgan fingerprint density at radius 3 is 2.43 bits per heavy atom. The summed E-state index contributed by atoms with van der Waals surface area (Å²) in [5.41, 5.74) is 2.43. The Bertz CT molecular complexity index is 568. The van der Waals surface area contributed by atoms with Crippen molar-refractivity contribution in [2.24, 2.45) is 0 Å². The second-order valence-corrected chi connectivity index (χ2v) is 6.05. The van der Waals surface area contributed by atoms with E-state index in [0.717, 1.165) is 37.1 Å². The van der Waals surface area contributed by atoms with Crippen LogP contribution in [0.25, 0.3) is 0 Å². The Balaban J connectivity index is 2.19. The molecular weight excluding hydrogens is 292 g/mol. The minimum atomic E-state index is -0.530. The lowest BCUT2D eigenvalue weighted by atomic mass is 9.97. The summed E-state index contributed by atoms with van der Waals surface area (Å²) in [7, 11) is 0. The predicted octanol–water partition coefficient (Wildman–Crippen LogP) is 2.80. The Morgan fingerprint density at radius 2 is 1.91 bits per heavy atom. The van der Waals surface area contributed by atoms with Crippen LogP contribution in [0.4, 0.5) is 0 Å². The monoisotopic (exact) mass is 316 g/mol. The van der Waals surface area contributed by atoms with Crippen LogP contribution in [0.3, 0.4) is 0 Å². The van der Waals surface area contributed by atoms with Gasteiger partial charge in [0.15, 0.2) is 0 Å². The molecule has 1 saturated carbocycles. The molecule has 0 spiro atoms. The molecule has 0 bridgehead atoms. The number of nitriles is 1. The Labute approximate surface area is 137 Å². The predicted molar refractivity (Wildman–Crippen MR) is 86.9 cm³/mol. The highest BCUT2D eigenvalue weighted by atomic mass is 16.5. The van der Waals surface area contributed by atoms with Crippen LogP contribution in [-0.4, -0.2) is 35.2 Å². The van der Waals surface area contributed by atoms with Gasteiger partial charge in [-0.2, -0.15) is 5.26 Å². The lowest BCUT2D eigenvalue weighted by molar-refractivity contribution is -0.145. The van der Waals surface area contributed by atoms with Gasteiger partial charge in [0.25, 0.3) is 0 Å². The number of allylic oxidation sites excluding steroid dienone is 5. The highest BCUT2D eigenvalue weighted by Gasteiger charge is 2.23. The summed E-state index contributed by atoms with van der Waals surface area (Å²) >= 11 is 0. The molecule has 2 rings (SSSR count). The first-order chi connectivity index (χ1) is 11.1. The van der Waals surface area contributed by atoms with Crippen molar-refractivity contribution < 1.29 is 14.6 Å². The molecule has 2 aliphatic rings. The van der Waals surface area contributed by atoms with E-state index in [2.05, 4.69) is 0 Å². The molecule has 124 valence electrons. The number of esters is 1. The summed E-state index contributed by atoms with van der Waals surface area (Å²) in [6.07, 6.45) is 8.62. The van der Waals surface area contributed by atoms with E-state index in [1.54, 1.807) is 12.2 Å². The molecule has 5 heteroatoms. The van der Waals surface area contributed by atoms with Crippen LogP contribution in [0, 0.1) is 11.3 Å². The van der Waals surface area contributed by atoms with E-state index in [1.165, 1.54) is 6.42 Å². The number of carbonyl (C=O) groups is 1. The van der Waals surface area contributed by atoms with Gasteiger partial charge in [-0.15, -0.1) is 0 Å². The van der Waals surface area contributed by atoms with Crippen LogP contribution in [0.2, 0.25) is 0 Å². The van der Waals surface area contributed by atoms with Crippen LogP contribution < -0.4 is 0 Å². The van der Waals surface area contributed by atoms with Crippen molar-refractivity contribution in [2.45, 2.75) is 52.1 Å². The number of nitrogens with zero attached hydrogens (tertiary/aromatic N) is 2. The molecule has 0 aromatic heterocycles. The zero-order valence-electron chi connectivity index (χ0n) is 13.8. The lowest BCUT2D eigenvalue weighted by Crippen LogP contribution is -2.26. The van der Waals surface area contributed by atoms with Gasteiger partial charge in [0, 0.05) is 23.5 Å². The molecule has 5 nitrogen and oxygen atoms in total. The fraction of sp³-hybridized carbons (Fsp3) is 0.556. The smallest absolute Gasteiger partial charge is 0.349 e. The fourth-order valence-corrected chi connectivity index (χ4v) is 3.14. The average molecular weight is 316 g/mol. The molecule has 1 fully saturated rings. The molecule has 0 saturated heterocycles. The fourth-order valence-electron chi connectivity index (χ4n) is 3.14. The molecule has 0 unspecified atom stereocenters. The van der Waals surface area contributed by atoms with Crippen molar-refractivity contribution in [1.29, 1.82) is 5.26 Å². The van der Waals surface area contributed by atoms with Gasteiger partial charge >= 0.3 is 5.97 Å². The van der Waals surface area contributed by atoms with Crippen LogP contribution >= 0.6 is 0 Å². The van der Waals surface area contributed by atoms with Gasteiger partial charge in [-0.1, -0.05) is 6.42 Å². The Kier molecular flexibility index (Phi) is 6.00. The summed E-state index contributed by atoms with van der Waals surface area (Å²) in [5.74, 6) is -0.530. The number of hydrogen-bond donors (Lipinski definition) is 1. The average Bonchev–Trinajstić information content (AvgIpc) is 2.52. The number of aliphatic hydroxyl groups is 1. The van der Waals surface area contributed by atoms with Crippen LogP contribution in [-0.2, 0) is 9.53 Å². The molecule has 0 atom stereocenters. The second-order valence-electron chi connectivity index (χ2n) is 6.05. The van der Waals surface area contributed by atoms with Gasteiger partial charge in [-0.3, -0.25) is 0 Å². The van der Waals surface area contributed by atoms with Gasteiger partial charge in [0.1, 0.15) is 17.7 Å². The minimum absolute atomic E-state index is 0.0459. The summed E-state index contributed by atoms with van der Waals surface area (Å²) in [5, 5.41) is 18.5. The molecule has 1 aliphatic carbocycles. The highest BCUT2D eigenvalue weighted by molar-refractivity contribution is 5.95. The van der Waals surface area contributed by atoms with Gasteiger partial charge < -0.3 is 14.7 Å². The molecule has 1 N–H and O–H groups in total. The standard InChI is InChI=1S/C18H24N2O3/c1-13-10-15(11-14(2)20(13)8-9-21)17(12-19)18(22)23-16-6-4-3-5-7-16/h10-11,16,21H,3-9H2,1-2H3. The maximum Gasteiger partial charge on any atom is 0.349 e. The number of β-amino-alcohol motifs (C(OH)–C–C–N with tert-alkyl or cyclic N) is 1. The van der Waals surface area contributed by atoms with Gasteiger partial charge in [-0.05, 0) is 51.7 Å². The van der Waals surface area contributed by atoms with E-state index in [-0.39, 0.29) is 18.3 Å². The zero-order valence-corrected chi connectivity index (χ0v) is 13.8. The number of rotatable bonds is 4. The summed E-state index contributed by atoms with van der Waals surface area (Å²) in [6, 6.07) is 2.00. The third-order valence-electron chi connectivity index (χ3n) is 4.33. The van der Waals surface area contributed by atoms with Crippen molar-refractivity contribution in [2.75, 3.05) is 13.2 Å².